The van der Waals surface area contributed by atoms with E-state index in [0.717, 1.165) is 12.8 Å². The molecule has 17 heavy (non-hydrogen) atoms. The Kier molecular flexibility index (Phi) is 5.79. The van der Waals surface area contributed by atoms with E-state index in [2.05, 4.69) is 0 Å². The van der Waals surface area contributed by atoms with Crippen molar-refractivity contribution in [1.82, 2.24) is 0 Å². The number of rotatable bonds is 7. The highest BCUT2D eigenvalue weighted by molar-refractivity contribution is 5.79. The predicted octanol–water partition coefficient (Wildman–Crippen LogP) is 2.22. The van der Waals surface area contributed by atoms with E-state index in [0.29, 0.717) is 24.2 Å². The summed E-state index contributed by atoms with van der Waals surface area (Å²) in [6.07, 6.45) is 2.51. The minimum absolute atomic E-state index is 0.172. The third-order valence-electron chi connectivity index (χ3n) is 2.15. The molecule has 0 N–H and O–H groups in total. The van der Waals surface area contributed by atoms with E-state index >= 15 is 0 Å². The van der Waals surface area contributed by atoms with Gasteiger partial charge in [0.15, 0.2) is 12.9 Å². The zero-order valence-electron chi connectivity index (χ0n) is 9.85. The molecule has 0 saturated heterocycles. The molecule has 0 bridgehead atoms. The minimum Gasteiger partial charge on any atom is -0.481 e. The maximum Gasteiger partial charge on any atom is 0.344 e. The second kappa shape index (κ2) is 7.44. The Morgan fingerprint density at radius 1 is 1.35 bits per heavy atom. The van der Waals surface area contributed by atoms with Gasteiger partial charge in [-0.2, -0.15) is 0 Å². The molecule has 0 fully saturated rings. The molecule has 1 rings (SSSR count). The number of carbonyl (C=O) groups excluding carboxylic acids is 2. The van der Waals surface area contributed by atoms with Gasteiger partial charge < -0.3 is 9.47 Å². The lowest BCUT2D eigenvalue weighted by Crippen LogP contribution is -2.16. The monoisotopic (exact) mass is 236 g/mol. The fourth-order valence-corrected chi connectivity index (χ4v) is 1.22. The van der Waals surface area contributed by atoms with Crippen LogP contribution in [0.4, 0.5) is 0 Å². The normalized spacial score (nSPS) is 9.71. The molecule has 0 spiro atoms. The fourth-order valence-electron chi connectivity index (χ4n) is 1.22. The Morgan fingerprint density at radius 2 is 2.12 bits per heavy atom. The van der Waals surface area contributed by atoms with Gasteiger partial charge in [-0.25, -0.2) is 4.79 Å². The molecule has 1 aromatic rings. The topological polar surface area (TPSA) is 52.6 Å². The first-order valence-electron chi connectivity index (χ1n) is 5.60. The number of benzene rings is 1. The SMILES string of the molecule is CCCCOC(=O)COc1ccccc1C=O. The number of carbonyl (C=O) groups is 2. The van der Waals surface area contributed by atoms with Crippen LogP contribution in [-0.4, -0.2) is 25.5 Å². The van der Waals surface area contributed by atoms with Crippen molar-refractivity contribution < 1.29 is 19.1 Å². The van der Waals surface area contributed by atoms with Crippen molar-refractivity contribution in [3.63, 3.8) is 0 Å². The summed E-state index contributed by atoms with van der Waals surface area (Å²) in [4.78, 5) is 21.9. The van der Waals surface area contributed by atoms with E-state index in [9.17, 15) is 9.59 Å². The van der Waals surface area contributed by atoms with E-state index in [1.54, 1.807) is 24.3 Å². The Morgan fingerprint density at radius 3 is 2.82 bits per heavy atom. The number of unbranched alkanes of at least 4 members (excludes halogenated alkanes) is 1. The van der Waals surface area contributed by atoms with Crippen LogP contribution in [0.3, 0.4) is 0 Å². The maximum absolute atomic E-state index is 11.3. The Labute approximate surface area is 101 Å². The van der Waals surface area contributed by atoms with Gasteiger partial charge >= 0.3 is 5.97 Å². The maximum atomic E-state index is 11.3. The zero-order valence-corrected chi connectivity index (χ0v) is 9.85. The van der Waals surface area contributed by atoms with Crippen molar-refractivity contribution in [3.8, 4) is 5.75 Å². The Hall–Kier alpha value is -1.84. The Balaban J connectivity index is 2.39. The summed E-state index contributed by atoms with van der Waals surface area (Å²) < 4.78 is 10.1. The van der Waals surface area contributed by atoms with Gasteiger partial charge in [-0.05, 0) is 18.6 Å². The second-order valence-corrected chi connectivity index (χ2v) is 3.52. The summed E-state index contributed by atoms with van der Waals surface area (Å²) in [6.45, 7) is 2.26. The molecule has 4 heteroatoms. The average molecular weight is 236 g/mol. The van der Waals surface area contributed by atoms with Crippen LogP contribution in [-0.2, 0) is 9.53 Å². The second-order valence-electron chi connectivity index (χ2n) is 3.52. The summed E-state index contributed by atoms with van der Waals surface area (Å²) in [5.74, 6) is -0.0194. The van der Waals surface area contributed by atoms with Crippen molar-refractivity contribution in [3.05, 3.63) is 29.8 Å². The number of hydrogen-bond acceptors (Lipinski definition) is 4. The highest BCUT2D eigenvalue weighted by Crippen LogP contribution is 2.15. The van der Waals surface area contributed by atoms with Gasteiger partial charge in [-0.1, -0.05) is 25.5 Å². The molecular weight excluding hydrogens is 220 g/mol. The molecule has 0 aliphatic carbocycles. The van der Waals surface area contributed by atoms with Crippen LogP contribution >= 0.6 is 0 Å². The smallest absolute Gasteiger partial charge is 0.344 e. The lowest BCUT2D eigenvalue weighted by molar-refractivity contribution is -0.146. The molecule has 0 aliphatic rings. The van der Waals surface area contributed by atoms with Gasteiger partial charge in [0.1, 0.15) is 5.75 Å². The molecule has 0 saturated carbocycles. The first kappa shape index (κ1) is 13.2. The van der Waals surface area contributed by atoms with Gasteiger partial charge in [0.05, 0.1) is 12.2 Å². The molecule has 0 aromatic heterocycles. The van der Waals surface area contributed by atoms with Crippen LogP contribution in [0.2, 0.25) is 0 Å². The molecule has 4 nitrogen and oxygen atoms in total. The quantitative estimate of drug-likeness (QED) is 0.414. The number of aldehydes is 1. The molecule has 0 amide bonds. The molecule has 0 aliphatic heterocycles. The average Bonchev–Trinajstić information content (AvgIpc) is 2.37. The number of para-hydroxylation sites is 1. The lowest BCUT2D eigenvalue weighted by atomic mass is 10.2. The van der Waals surface area contributed by atoms with Crippen LogP contribution in [0.1, 0.15) is 30.1 Å². The fraction of sp³-hybridized carbons (Fsp3) is 0.385. The van der Waals surface area contributed by atoms with Crippen LogP contribution in [0.15, 0.2) is 24.3 Å². The first-order valence-corrected chi connectivity index (χ1v) is 5.60. The highest BCUT2D eigenvalue weighted by atomic mass is 16.6. The summed E-state index contributed by atoms with van der Waals surface area (Å²) in [7, 11) is 0. The molecule has 0 heterocycles. The third kappa shape index (κ3) is 4.68. The Bertz CT molecular complexity index is 373. The van der Waals surface area contributed by atoms with Gasteiger partial charge in [0, 0.05) is 0 Å². The van der Waals surface area contributed by atoms with Crippen molar-refractivity contribution in [2.45, 2.75) is 19.8 Å². The van der Waals surface area contributed by atoms with Crippen molar-refractivity contribution in [2.75, 3.05) is 13.2 Å². The molecule has 92 valence electrons. The summed E-state index contributed by atoms with van der Waals surface area (Å²) in [6, 6.07) is 6.74. The lowest BCUT2D eigenvalue weighted by Gasteiger charge is -2.07. The van der Waals surface area contributed by atoms with Crippen molar-refractivity contribution in [2.24, 2.45) is 0 Å². The van der Waals surface area contributed by atoms with Crippen LogP contribution in [0, 0.1) is 0 Å². The first-order chi connectivity index (χ1) is 8.27. The number of esters is 1. The molecule has 1 aromatic carbocycles. The minimum atomic E-state index is -0.417. The van der Waals surface area contributed by atoms with E-state index in [4.69, 9.17) is 9.47 Å². The summed E-state index contributed by atoms with van der Waals surface area (Å²) >= 11 is 0. The van der Waals surface area contributed by atoms with Gasteiger partial charge in [-0.15, -0.1) is 0 Å². The largest absolute Gasteiger partial charge is 0.481 e. The van der Waals surface area contributed by atoms with Crippen LogP contribution in [0.5, 0.6) is 5.75 Å². The van der Waals surface area contributed by atoms with Gasteiger partial charge in [0.2, 0.25) is 0 Å². The standard InChI is InChI=1S/C13H16O4/c1-2-3-8-16-13(15)10-17-12-7-5-4-6-11(12)9-14/h4-7,9H,2-3,8,10H2,1H3. The number of hydrogen-bond donors (Lipinski definition) is 0. The van der Waals surface area contributed by atoms with Crippen molar-refractivity contribution >= 4 is 12.3 Å². The predicted molar refractivity (Wildman–Crippen MR) is 63.2 cm³/mol. The highest BCUT2D eigenvalue weighted by Gasteiger charge is 2.06. The molecule has 0 radical (unpaired) electrons. The van der Waals surface area contributed by atoms with Gasteiger partial charge in [0.25, 0.3) is 0 Å². The molecule has 0 unspecified atom stereocenters. The summed E-state index contributed by atoms with van der Waals surface area (Å²) in [5.41, 5.74) is 0.425. The number of ether oxygens (including phenoxy) is 2. The van der Waals surface area contributed by atoms with E-state index < -0.39 is 5.97 Å². The van der Waals surface area contributed by atoms with Crippen molar-refractivity contribution in [1.29, 1.82) is 0 Å². The third-order valence-corrected chi connectivity index (χ3v) is 2.15. The zero-order chi connectivity index (χ0) is 12.5. The molecule has 0 atom stereocenters. The van der Waals surface area contributed by atoms with Gasteiger partial charge in [-0.3, -0.25) is 4.79 Å². The van der Waals surface area contributed by atoms with E-state index in [-0.39, 0.29) is 6.61 Å². The molecular formula is C13H16O4. The van der Waals surface area contributed by atoms with E-state index in [1.807, 2.05) is 6.92 Å². The summed E-state index contributed by atoms with van der Waals surface area (Å²) in [5, 5.41) is 0. The van der Waals surface area contributed by atoms with E-state index in [1.165, 1.54) is 0 Å². The van der Waals surface area contributed by atoms with Crippen LogP contribution in [0.25, 0.3) is 0 Å². The van der Waals surface area contributed by atoms with Crippen LogP contribution < -0.4 is 4.74 Å².